The summed E-state index contributed by atoms with van der Waals surface area (Å²) in [4.78, 5) is 0. The van der Waals surface area contributed by atoms with Gasteiger partial charge in [-0.15, -0.1) is 0 Å². The van der Waals surface area contributed by atoms with Crippen LogP contribution in [0, 0.1) is 0 Å². The molecule has 0 aliphatic heterocycles. The molecule has 0 aliphatic carbocycles. The van der Waals surface area contributed by atoms with E-state index in [4.69, 9.17) is 10.2 Å². The number of rotatable bonds is 4. The number of aliphatic hydroxyl groups excluding tert-OH is 2. The second-order valence-electron chi connectivity index (χ2n) is 1.06. The molecular formula is C4H15F5O3. The van der Waals surface area contributed by atoms with Crippen LogP contribution in [0.5, 0.6) is 0 Å². The molecule has 0 saturated carbocycles. The first-order valence-electron chi connectivity index (χ1n) is 2.21. The average molecular weight is 206 g/mol. The van der Waals surface area contributed by atoms with E-state index in [9.17, 15) is 0 Å². The highest BCUT2D eigenvalue weighted by Gasteiger charge is 1.79. The zero-order valence-corrected chi connectivity index (χ0v) is 6.17. The SMILES string of the molecule is F.F.F.F.F.OCCOCCO. The lowest BCUT2D eigenvalue weighted by atomic mass is 10.7. The molecule has 0 radical (unpaired) electrons. The van der Waals surface area contributed by atoms with E-state index in [0.29, 0.717) is 13.2 Å². The van der Waals surface area contributed by atoms with E-state index in [2.05, 4.69) is 4.74 Å². The zero-order chi connectivity index (χ0) is 5.54. The second kappa shape index (κ2) is 46.6. The van der Waals surface area contributed by atoms with Gasteiger partial charge in [-0.1, -0.05) is 0 Å². The van der Waals surface area contributed by atoms with Gasteiger partial charge in [-0.25, -0.2) is 0 Å². The zero-order valence-electron chi connectivity index (χ0n) is 6.17. The molecule has 0 fully saturated rings. The van der Waals surface area contributed by atoms with Gasteiger partial charge in [-0.3, -0.25) is 23.5 Å². The molecule has 0 aromatic rings. The van der Waals surface area contributed by atoms with Crippen LogP contribution in [-0.2, 0) is 4.74 Å². The summed E-state index contributed by atoms with van der Waals surface area (Å²) in [5, 5.41) is 16.2. The van der Waals surface area contributed by atoms with Crippen LogP contribution in [0.2, 0.25) is 0 Å². The van der Waals surface area contributed by atoms with Crippen LogP contribution in [0.15, 0.2) is 0 Å². The van der Waals surface area contributed by atoms with Gasteiger partial charge < -0.3 is 14.9 Å². The van der Waals surface area contributed by atoms with E-state index in [-0.39, 0.29) is 36.7 Å². The maximum absolute atomic E-state index is 8.09. The van der Waals surface area contributed by atoms with Crippen molar-refractivity contribution >= 4 is 0 Å². The highest BCUT2D eigenvalue weighted by Crippen LogP contribution is 1.68. The van der Waals surface area contributed by atoms with Crippen molar-refractivity contribution in [1.82, 2.24) is 0 Å². The fourth-order valence-electron chi connectivity index (χ4n) is 0.231. The van der Waals surface area contributed by atoms with Gasteiger partial charge >= 0.3 is 0 Å². The maximum Gasteiger partial charge on any atom is 0.0698 e. The Kier molecular flexibility index (Phi) is 162. The van der Waals surface area contributed by atoms with E-state index in [1.165, 1.54) is 0 Å². The van der Waals surface area contributed by atoms with Crippen molar-refractivity contribution in [3.63, 3.8) is 0 Å². The summed E-state index contributed by atoms with van der Waals surface area (Å²) in [6.45, 7) is 0.696. The third-order valence-electron chi connectivity index (χ3n) is 0.471. The van der Waals surface area contributed by atoms with E-state index < -0.39 is 0 Å². The third-order valence-corrected chi connectivity index (χ3v) is 0.471. The number of aliphatic hydroxyl groups is 2. The Hall–Kier alpha value is -0.470. The normalized spacial score (nSPS) is 5.50. The van der Waals surface area contributed by atoms with E-state index in [0.717, 1.165) is 0 Å². The van der Waals surface area contributed by atoms with Crippen molar-refractivity contribution in [3.8, 4) is 0 Å². The van der Waals surface area contributed by atoms with Crippen molar-refractivity contribution in [2.24, 2.45) is 0 Å². The lowest BCUT2D eigenvalue weighted by Crippen LogP contribution is -2.03. The lowest BCUT2D eigenvalue weighted by Gasteiger charge is -1.94. The van der Waals surface area contributed by atoms with Crippen molar-refractivity contribution in [2.75, 3.05) is 26.4 Å². The van der Waals surface area contributed by atoms with Crippen LogP contribution in [0.25, 0.3) is 0 Å². The maximum atomic E-state index is 8.09. The van der Waals surface area contributed by atoms with Crippen LogP contribution in [-0.4, -0.2) is 36.6 Å². The van der Waals surface area contributed by atoms with Gasteiger partial charge in [-0.2, -0.15) is 0 Å². The Balaban J connectivity index is -0.0000000180. The highest BCUT2D eigenvalue weighted by molar-refractivity contribution is 4.24. The molecule has 0 amide bonds. The molecule has 0 saturated heterocycles. The molecule has 0 spiro atoms. The van der Waals surface area contributed by atoms with Gasteiger partial charge in [0.05, 0.1) is 26.4 Å². The minimum atomic E-state index is 0. The van der Waals surface area contributed by atoms with Crippen molar-refractivity contribution < 1.29 is 38.5 Å². The summed E-state index contributed by atoms with van der Waals surface area (Å²) in [5.41, 5.74) is 0. The molecule has 0 aromatic heterocycles. The molecule has 0 rings (SSSR count). The molecular weight excluding hydrogens is 191 g/mol. The molecule has 3 nitrogen and oxygen atoms in total. The minimum Gasteiger partial charge on any atom is -0.394 e. The summed E-state index contributed by atoms with van der Waals surface area (Å²) >= 11 is 0. The van der Waals surface area contributed by atoms with Crippen molar-refractivity contribution in [3.05, 3.63) is 0 Å². The smallest absolute Gasteiger partial charge is 0.0698 e. The fourth-order valence-corrected chi connectivity index (χ4v) is 0.231. The molecule has 2 N–H and O–H groups in total. The van der Waals surface area contributed by atoms with E-state index in [1.54, 1.807) is 0 Å². The molecule has 0 aliphatic rings. The Morgan fingerprint density at radius 3 is 1.08 bits per heavy atom. The largest absolute Gasteiger partial charge is 0.394 e. The molecule has 0 aromatic carbocycles. The Labute approximate surface area is 66.2 Å². The number of hydrogen-bond donors (Lipinski definition) is 2. The topological polar surface area (TPSA) is 49.7 Å². The van der Waals surface area contributed by atoms with Crippen LogP contribution in [0.3, 0.4) is 0 Å². The van der Waals surface area contributed by atoms with Gasteiger partial charge in [0.2, 0.25) is 0 Å². The number of hydrogen-bond acceptors (Lipinski definition) is 3. The molecule has 12 heavy (non-hydrogen) atoms. The quantitative estimate of drug-likeness (QED) is 0.492. The van der Waals surface area contributed by atoms with Crippen LogP contribution in [0.1, 0.15) is 0 Å². The van der Waals surface area contributed by atoms with Gasteiger partial charge in [0.15, 0.2) is 0 Å². The Morgan fingerprint density at radius 2 is 0.917 bits per heavy atom. The third kappa shape index (κ3) is 55.6. The molecule has 0 unspecified atom stereocenters. The predicted molar refractivity (Wildman–Crippen MR) is 37.5 cm³/mol. The summed E-state index contributed by atoms with van der Waals surface area (Å²) in [5.74, 6) is 0. The fraction of sp³-hybridized carbons (Fsp3) is 1.00. The van der Waals surface area contributed by atoms with E-state index in [1.807, 2.05) is 0 Å². The molecule has 0 bridgehead atoms. The van der Waals surface area contributed by atoms with E-state index >= 15 is 0 Å². The Morgan fingerprint density at radius 1 is 0.667 bits per heavy atom. The van der Waals surface area contributed by atoms with Gasteiger partial charge in [-0.05, 0) is 0 Å². The highest BCUT2D eigenvalue weighted by atomic mass is 19.0. The standard InChI is InChI=1S/C4H10O3.5FH/c5-1-3-7-4-2-6;;;;;/h5-6H,1-4H2;5*1H. The van der Waals surface area contributed by atoms with Crippen molar-refractivity contribution in [2.45, 2.75) is 0 Å². The summed E-state index contributed by atoms with van der Waals surface area (Å²) in [7, 11) is 0. The monoisotopic (exact) mass is 206 g/mol. The number of halogens is 5. The van der Waals surface area contributed by atoms with Crippen LogP contribution >= 0.6 is 0 Å². The van der Waals surface area contributed by atoms with Crippen LogP contribution < -0.4 is 0 Å². The number of ether oxygens (including phenoxy) is 1. The molecule has 0 atom stereocenters. The first-order chi connectivity index (χ1) is 3.41. The average Bonchev–Trinajstić information content (AvgIpc) is 1.69. The minimum absolute atomic E-state index is 0. The van der Waals surface area contributed by atoms with Gasteiger partial charge in [0.25, 0.3) is 0 Å². The molecule has 84 valence electrons. The van der Waals surface area contributed by atoms with Gasteiger partial charge in [0, 0.05) is 0 Å². The second-order valence-corrected chi connectivity index (χ2v) is 1.06. The van der Waals surface area contributed by atoms with Gasteiger partial charge in [0.1, 0.15) is 0 Å². The molecule has 0 heterocycles. The summed E-state index contributed by atoms with van der Waals surface area (Å²) in [6.07, 6.45) is 0. The summed E-state index contributed by atoms with van der Waals surface area (Å²) in [6, 6.07) is 0. The first-order valence-corrected chi connectivity index (χ1v) is 2.21. The molecule has 8 heteroatoms. The lowest BCUT2D eigenvalue weighted by molar-refractivity contribution is 0.0650. The Bertz CT molecular complexity index is 37.9. The first kappa shape index (κ1) is 41.8. The predicted octanol–water partition coefficient (Wildman–Crippen LogP) is -0.250. The summed E-state index contributed by atoms with van der Waals surface area (Å²) < 4.78 is 4.63. The van der Waals surface area contributed by atoms with Crippen LogP contribution in [0.4, 0.5) is 23.5 Å². The van der Waals surface area contributed by atoms with Crippen molar-refractivity contribution in [1.29, 1.82) is 0 Å².